The molecule has 9 amide bonds. The summed E-state index contributed by atoms with van der Waals surface area (Å²) in [4.78, 5) is 108. The SMILES string of the molecule is CC[C@H](C)[C@@H]([C@@H](CC(N)=O)OC)N(C)C(=O)[C@@H](NC(=O)[C@H](C(C)C)N(C)C(=O)OCc1ccc(NC(=O)[C@H](CCCNC(N)=O)NC(=O)[C@@H](NNC(=O)C(C)C2C=CC(C)(NCO)CC2)C(C)C)cc1)C(C)C. The fraction of sp³-hybridized carbons (Fsp3) is 0.686. The van der Waals surface area contributed by atoms with Gasteiger partial charge >= 0.3 is 12.1 Å². The summed E-state index contributed by atoms with van der Waals surface area (Å²) in [6, 6.07) is 1.21. The van der Waals surface area contributed by atoms with Gasteiger partial charge in [-0.3, -0.25) is 44.4 Å². The van der Waals surface area contributed by atoms with Gasteiger partial charge in [-0.05, 0) is 79.9 Å². The lowest BCUT2D eigenvalue weighted by atomic mass is 9.78. The van der Waals surface area contributed by atoms with E-state index in [0.717, 1.165) is 6.42 Å². The number of rotatable bonds is 30. The van der Waals surface area contributed by atoms with Crippen molar-refractivity contribution in [3.63, 3.8) is 0 Å². The molecule has 10 atom stereocenters. The molecule has 412 valence electrons. The predicted octanol–water partition coefficient (Wildman–Crippen LogP) is 2.60. The second-order valence-electron chi connectivity index (χ2n) is 20.5. The van der Waals surface area contributed by atoms with Gasteiger partial charge in [0.25, 0.3) is 0 Å². The van der Waals surface area contributed by atoms with Gasteiger partial charge in [-0.2, -0.15) is 0 Å². The number of hydrogen-bond acceptors (Lipinski definition) is 13. The number of hydrazine groups is 1. The van der Waals surface area contributed by atoms with Crippen LogP contribution in [0.1, 0.15) is 113 Å². The minimum absolute atomic E-state index is 0.0581. The Hall–Kier alpha value is -5.84. The van der Waals surface area contributed by atoms with Gasteiger partial charge in [0.15, 0.2) is 0 Å². The number of amides is 9. The standard InChI is InChI=1S/C51H87N11O11/c1-14-32(8)43(38(72-13)26-39(52)64)61(11)48(69)41(30(4)5)58-47(68)42(31(6)7)62(12)50(71)73-27-34-17-19-36(20-18-34)56-45(66)37(16-15-25-54-49(53)70)57-46(67)40(29(2)3)59-60-44(65)33(9)35-21-23-51(10,24-22-35)55-28-63/h17-21,23,29-33,35,37-38,40-43,55,59,63H,14-16,22,24-28H2,1-13H3,(H2,52,64)(H,56,66)(H,57,67)(H,58,68)(H,60,65)(H3,53,54,70)/t32-,33?,35?,37-,38+,40-,41-,42-,43-,51?/m0/s1. The third-order valence-corrected chi connectivity index (χ3v) is 13.7. The minimum Gasteiger partial charge on any atom is -0.445 e. The van der Waals surface area contributed by atoms with Crippen molar-refractivity contribution in [2.75, 3.05) is 39.8 Å². The van der Waals surface area contributed by atoms with Gasteiger partial charge in [0.05, 0.1) is 25.3 Å². The third-order valence-electron chi connectivity index (χ3n) is 13.7. The number of carbonyl (C=O) groups is 8. The number of aliphatic hydroxyl groups excluding tert-OH is 1. The third kappa shape index (κ3) is 19.8. The van der Waals surface area contributed by atoms with Crippen LogP contribution in [0.2, 0.25) is 0 Å². The number of allylic oxidation sites excluding steroid dienone is 1. The van der Waals surface area contributed by atoms with Crippen LogP contribution in [0.25, 0.3) is 0 Å². The number of ether oxygens (including phenoxy) is 2. The van der Waals surface area contributed by atoms with Gasteiger partial charge in [0.2, 0.25) is 35.4 Å². The first-order chi connectivity index (χ1) is 34.2. The zero-order valence-corrected chi connectivity index (χ0v) is 45.3. The number of methoxy groups -OCH3 is 1. The highest BCUT2D eigenvalue weighted by molar-refractivity contribution is 5.98. The topological polar surface area (TPSA) is 318 Å². The van der Waals surface area contributed by atoms with E-state index in [1.54, 1.807) is 79.8 Å². The van der Waals surface area contributed by atoms with Crippen molar-refractivity contribution in [1.82, 2.24) is 41.9 Å². The number of anilines is 1. The molecule has 1 aliphatic carbocycles. The average Bonchev–Trinajstić information content (AvgIpc) is 3.32. The Balaban J connectivity index is 2.15. The molecule has 1 aromatic rings. The van der Waals surface area contributed by atoms with Crippen LogP contribution in [0.4, 0.5) is 15.3 Å². The van der Waals surface area contributed by atoms with Crippen molar-refractivity contribution in [3.8, 4) is 0 Å². The Morgan fingerprint density at radius 1 is 0.836 bits per heavy atom. The summed E-state index contributed by atoms with van der Waals surface area (Å²) in [5, 5.41) is 23.3. The van der Waals surface area contributed by atoms with E-state index in [9.17, 15) is 43.5 Å². The lowest BCUT2D eigenvalue weighted by Gasteiger charge is -2.40. The summed E-state index contributed by atoms with van der Waals surface area (Å²) >= 11 is 0. The zero-order valence-electron chi connectivity index (χ0n) is 45.3. The molecule has 0 bridgehead atoms. The maximum atomic E-state index is 14.1. The minimum atomic E-state index is -1.07. The number of nitrogens with two attached hydrogens (primary N) is 2. The molecule has 0 spiro atoms. The molecule has 1 aliphatic rings. The summed E-state index contributed by atoms with van der Waals surface area (Å²) < 4.78 is 11.3. The molecule has 0 saturated carbocycles. The van der Waals surface area contributed by atoms with Crippen molar-refractivity contribution in [2.24, 2.45) is 47.0 Å². The summed E-state index contributed by atoms with van der Waals surface area (Å²) in [5.74, 6) is -4.54. The fourth-order valence-electron chi connectivity index (χ4n) is 8.87. The molecule has 0 saturated heterocycles. The van der Waals surface area contributed by atoms with Crippen molar-refractivity contribution in [2.45, 2.75) is 156 Å². The Kier molecular flexibility index (Phi) is 26.3. The highest BCUT2D eigenvalue weighted by Crippen LogP contribution is 2.30. The highest BCUT2D eigenvalue weighted by Gasteiger charge is 2.40. The molecule has 22 heteroatoms. The number of primary amides is 2. The fourth-order valence-corrected chi connectivity index (χ4v) is 8.87. The van der Waals surface area contributed by atoms with E-state index in [1.165, 1.54) is 24.0 Å². The first-order valence-corrected chi connectivity index (χ1v) is 25.3. The predicted molar refractivity (Wildman–Crippen MR) is 277 cm³/mol. The van der Waals surface area contributed by atoms with E-state index in [1.807, 2.05) is 32.9 Å². The van der Waals surface area contributed by atoms with E-state index in [2.05, 4.69) is 37.4 Å². The number of nitrogens with zero attached hydrogens (tertiary/aromatic N) is 2. The van der Waals surface area contributed by atoms with Crippen LogP contribution in [0, 0.1) is 35.5 Å². The Bertz CT molecular complexity index is 2020. The summed E-state index contributed by atoms with van der Waals surface area (Å²) in [5.41, 5.74) is 16.9. The Labute approximate surface area is 431 Å². The van der Waals surface area contributed by atoms with E-state index >= 15 is 0 Å². The molecule has 0 fully saturated rings. The summed E-state index contributed by atoms with van der Waals surface area (Å²) in [7, 11) is 4.51. The van der Waals surface area contributed by atoms with Gasteiger partial charge in [-0.1, -0.05) is 93.0 Å². The van der Waals surface area contributed by atoms with Gasteiger partial charge in [0, 0.05) is 44.9 Å². The monoisotopic (exact) mass is 1030 g/mol. The molecule has 0 aromatic heterocycles. The molecule has 73 heavy (non-hydrogen) atoms. The van der Waals surface area contributed by atoms with Crippen LogP contribution in [0.3, 0.4) is 0 Å². The van der Waals surface area contributed by atoms with Crippen molar-refractivity contribution < 1.29 is 52.9 Å². The number of hydrogen-bond donors (Lipinski definition) is 10. The maximum absolute atomic E-state index is 14.1. The van der Waals surface area contributed by atoms with Crippen LogP contribution in [-0.2, 0) is 44.8 Å². The quantitative estimate of drug-likeness (QED) is 0.0230. The number of urea groups is 1. The van der Waals surface area contributed by atoms with Crippen molar-refractivity contribution in [1.29, 1.82) is 0 Å². The lowest BCUT2D eigenvalue weighted by molar-refractivity contribution is -0.144. The molecule has 0 radical (unpaired) electrons. The maximum Gasteiger partial charge on any atom is 0.410 e. The van der Waals surface area contributed by atoms with Gasteiger partial charge in [-0.15, -0.1) is 0 Å². The molecule has 2 rings (SSSR count). The second kappa shape index (κ2) is 30.4. The molecular formula is C51H87N11O11. The van der Waals surface area contributed by atoms with E-state index in [-0.39, 0.29) is 80.2 Å². The van der Waals surface area contributed by atoms with Crippen molar-refractivity contribution >= 4 is 53.3 Å². The van der Waals surface area contributed by atoms with Crippen LogP contribution < -0.4 is 48.9 Å². The van der Waals surface area contributed by atoms with Crippen LogP contribution in [0.15, 0.2) is 36.4 Å². The average molecular weight is 1030 g/mol. The molecule has 1 aromatic carbocycles. The molecular weight excluding hydrogens is 943 g/mol. The Morgan fingerprint density at radius 3 is 1.97 bits per heavy atom. The van der Waals surface area contributed by atoms with E-state index < -0.39 is 83.9 Å². The number of likely N-dealkylation sites (N-methyl/N-ethyl adjacent to an activating group) is 2. The number of carbonyl (C=O) groups excluding carboxylic acids is 8. The first kappa shape index (κ1) is 63.3. The Morgan fingerprint density at radius 2 is 1.47 bits per heavy atom. The molecule has 0 aliphatic heterocycles. The van der Waals surface area contributed by atoms with Crippen LogP contribution in [-0.4, -0.2) is 139 Å². The van der Waals surface area contributed by atoms with Crippen LogP contribution >= 0.6 is 0 Å². The molecule has 12 N–H and O–H groups in total. The number of benzene rings is 1. The van der Waals surface area contributed by atoms with Gasteiger partial charge < -0.3 is 52.2 Å². The highest BCUT2D eigenvalue weighted by atomic mass is 16.6. The number of aliphatic hydroxyl groups is 1. The van der Waals surface area contributed by atoms with Crippen LogP contribution in [0.5, 0.6) is 0 Å². The van der Waals surface area contributed by atoms with Crippen molar-refractivity contribution in [3.05, 3.63) is 42.0 Å². The largest absolute Gasteiger partial charge is 0.445 e. The molecule has 3 unspecified atom stereocenters. The molecule has 0 heterocycles. The normalized spacial score (nSPS) is 18.8. The summed E-state index contributed by atoms with van der Waals surface area (Å²) in [6.45, 7) is 18.2. The lowest BCUT2D eigenvalue weighted by Crippen LogP contribution is -2.60. The number of nitrogens with one attached hydrogen (secondary N) is 7. The van der Waals surface area contributed by atoms with Gasteiger partial charge in [-0.25, -0.2) is 15.0 Å². The van der Waals surface area contributed by atoms with Gasteiger partial charge in [0.1, 0.15) is 30.8 Å². The van der Waals surface area contributed by atoms with E-state index in [4.69, 9.17) is 20.9 Å². The van der Waals surface area contributed by atoms with E-state index in [0.29, 0.717) is 24.1 Å². The second-order valence-corrected chi connectivity index (χ2v) is 20.5. The zero-order chi connectivity index (χ0) is 55.3. The first-order valence-electron chi connectivity index (χ1n) is 25.3. The smallest absolute Gasteiger partial charge is 0.410 e. The summed E-state index contributed by atoms with van der Waals surface area (Å²) in [6.07, 6.45) is 4.88. The molecule has 22 nitrogen and oxygen atoms in total.